The Hall–Kier alpha value is -2.34. The molecule has 0 aromatic heterocycles. The van der Waals surface area contributed by atoms with Crippen LogP contribution in [0.2, 0.25) is 0 Å². The summed E-state index contributed by atoms with van der Waals surface area (Å²) >= 11 is 0. The maximum Gasteiger partial charge on any atom is 0.264 e. The summed E-state index contributed by atoms with van der Waals surface area (Å²) in [7, 11) is -3.73. The molecule has 132 valence electrons. The van der Waals surface area contributed by atoms with Crippen LogP contribution in [0, 0.1) is 0 Å². The summed E-state index contributed by atoms with van der Waals surface area (Å²) in [4.78, 5) is 14.0. The lowest BCUT2D eigenvalue weighted by Crippen LogP contribution is -2.46. The van der Waals surface area contributed by atoms with E-state index in [1.807, 2.05) is 24.3 Å². The third kappa shape index (κ3) is 3.14. The molecule has 0 fully saturated rings. The van der Waals surface area contributed by atoms with Crippen LogP contribution in [0.4, 0.5) is 11.4 Å². The lowest BCUT2D eigenvalue weighted by molar-refractivity contribution is 0.101. The summed E-state index contributed by atoms with van der Waals surface area (Å²) in [5.74, 6) is -0.151. The van der Waals surface area contributed by atoms with Crippen molar-refractivity contribution >= 4 is 27.2 Å². The molecule has 0 unspecified atom stereocenters. The van der Waals surface area contributed by atoms with Gasteiger partial charge in [0, 0.05) is 18.2 Å². The summed E-state index contributed by atoms with van der Waals surface area (Å²) in [6.45, 7) is 6.62. The number of nitrogens with zero attached hydrogens (tertiary/aromatic N) is 2. The molecule has 0 N–H and O–H groups in total. The van der Waals surface area contributed by atoms with Crippen molar-refractivity contribution in [3.05, 3.63) is 54.1 Å². The fourth-order valence-corrected chi connectivity index (χ4v) is 4.66. The Bertz CT molecular complexity index is 906. The maximum atomic E-state index is 13.2. The number of Topliss-reactive ketones (excluding diaryl/α,β-unsaturated/α-hetero) is 1. The number of hydrogen-bond acceptors (Lipinski definition) is 4. The van der Waals surface area contributed by atoms with E-state index in [1.165, 1.54) is 17.3 Å². The highest BCUT2D eigenvalue weighted by atomic mass is 32.2. The number of benzene rings is 2. The molecule has 1 heterocycles. The first-order valence-electron chi connectivity index (χ1n) is 8.32. The molecule has 0 spiro atoms. The minimum Gasteiger partial charge on any atom is -0.366 e. The molecule has 3 rings (SSSR count). The van der Waals surface area contributed by atoms with Gasteiger partial charge in [-0.15, -0.1) is 0 Å². The second-order valence-electron chi connectivity index (χ2n) is 6.44. The van der Waals surface area contributed by atoms with E-state index in [-0.39, 0.29) is 16.7 Å². The van der Waals surface area contributed by atoms with E-state index < -0.39 is 10.0 Å². The van der Waals surface area contributed by atoms with Crippen LogP contribution >= 0.6 is 0 Å². The van der Waals surface area contributed by atoms with Crippen molar-refractivity contribution in [3.63, 3.8) is 0 Å². The molecule has 0 saturated carbocycles. The van der Waals surface area contributed by atoms with Crippen LogP contribution in [0.3, 0.4) is 0 Å². The van der Waals surface area contributed by atoms with Crippen LogP contribution in [0.1, 0.15) is 31.1 Å². The molecule has 0 bridgehead atoms. The number of rotatable bonds is 4. The van der Waals surface area contributed by atoms with Gasteiger partial charge in [-0.25, -0.2) is 8.42 Å². The van der Waals surface area contributed by atoms with Gasteiger partial charge in [0.1, 0.15) is 0 Å². The van der Waals surface area contributed by atoms with Gasteiger partial charge in [0.25, 0.3) is 10.0 Å². The molecular formula is C19H22N2O3S. The van der Waals surface area contributed by atoms with Gasteiger partial charge >= 0.3 is 0 Å². The fourth-order valence-electron chi connectivity index (χ4n) is 3.15. The van der Waals surface area contributed by atoms with Gasteiger partial charge in [-0.05, 0) is 45.0 Å². The van der Waals surface area contributed by atoms with Gasteiger partial charge in [0.05, 0.1) is 22.8 Å². The predicted molar refractivity (Wildman–Crippen MR) is 99.9 cm³/mol. The van der Waals surface area contributed by atoms with Gasteiger partial charge in [-0.3, -0.25) is 9.10 Å². The number of anilines is 2. The van der Waals surface area contributed by atoms with E-state index in [9.17, 15) is 13.2 Å². The molecule has 2 aromatic carbocycles. The highest BCUT2D eigenvalue weighted by molar-refractivity contribution is 7.92. The third-order valence-electron chi connectivity index (χ3n) is 4.46. The quantitative estimate of drug-likeness (QED) is 0.787. The van der Waals surface area contributed by atoms with Crippen molar-refractivity contribution < 1.29 is 13.2 Å². The zero-order valence-corrected chi connectivity index (χ0v) is 15.5. The average Bonchev–Trinajstić information content (AvgIpc) is 2.60. The van der Waals surface area contributed by atoms with E-state index in [4.69, 9.17) is 0 Å². The lowest BCUT2D eigenvalue weighted by atomic mass is 10.1. The summed E-state index contributed by atoms with van der Waals surface area (Å²) < 4.78 is 27.8. The standard InChI is InChI=1S/C19H22N2O3S/c1-14(2)20-11-12-21(19-10-5-4-9-18(19)20)25(23,24)17-8-6-7-16(13-17)15(3)22/h4-10,13-14H,11-12H2,1-3H3. The van der Waals surface area contributed by atoms with Gasteiger partial charge in [-0.2, -0.15) is 0 Å². The van der Waals surface area contributed by atoms with Gasteiger partial charge < -0.3 is 4.90 Å². The van der Waals surface area contributed by atoms with Crippen LogP contribution in [0.5, 0.6) is 0 Å². The summed E-state index contributed by atoms with van der Waals surface area (Å²) in [6.07, 6.45) is 0. The average molecular weight is 358 g/mol. The predicted octanol–water partition coefficient (Wildman–Crippen LogP) is 3.31. The van der Waals surface area contributed by atoms with E-state index in [0.717, 1.165) is 5.69 Å². The van der Waals surface area contributed by atoms with Crippen molar-refractivity contribution in [3.8, 4) is 0 Å². The second-order valence-corrected chi connectivity index (χ2v) is 8.30. The smallest absolute Gasteiger partial charge is 0.264 e. The molecule has 0 amide bonds. The molecule has 1 aliphatic heterocycles. The Morgan fingerprint density at radius 2 is 1.68 bits per heavy atom. The molecule has 0 saturated heterocycles. The summed E-state index contributed by atoms with van der Waals surface area (Å²) in [6, 6.07) is 14.1. The highest BCUT2D eigenvalue weighted by Gasteiger charge is 2.32. The van der Waals surface area contributed by atoms with Crippen molar-refractivity contribution in [2.24, 2.45) is 0 Å². The zero-order valence-electron chi connectivity index (χ0n) is 14.6. The largest absolute Gasteiger partial charge is 0.366 e. The molecule has 6 heteroatoms. The van der Waals surface area contributed by atoms with Crippen molar-refractivity contribution in [2.45, 2.75) is 31.7 Å². The van der Waals surface area contributed by atoms with Crippen molar-refractivity contribution in [1.29, 1.82) is 0 Å². The Balaban J connectivity index is 2.08. The van der Waals surface area contributed by atoms with Crippen LogP contribution in [-0.2, 0) is 10.0 Å². The fraction of sp³-hybridized carbons (Fsp3) is 0.316. The molecular weight excluding hydrogens is 336 g/mol. The van der Waals surface area contributed by atoms with E-state index in [2.05, 4.69) is 18.7 Å². The second kappa shape index (κ2) is 6.52. The van der Waals surface area contributed by atoms with E-state index in [0.29, 0.717) is 24.3 Å². The van der Waals surface area contributed by atoms with Crippen LogP contribution in [-0.4, -0.2) is 33.3 Å². The van der Waals surface area contributed by atoms with E-state index in [1.54, 1.807) is 18.2 Å². The first-order valence-corrected chi connectivity index (χ1v) is 9.76. The van der Waals surface area contributed by atoms with Crippen LogP contribution in [0.15, 0.2) is 53.4 Å². The zero-order chi connectivity index (χ0) is 18.2. The summed E-state index contributed by atoms with van der Waals surface area (Å²) in [5, 5.41) is 0. The van der Waals surface area contributed by atoms with E-state index >= 15 is 0 Å². The Kier molecular flexibility index (Phi) is 4.56. The van der Waals surface area contributed by atoms with Crippen LogP contribution in [0.25, 0.3) is 0 Å². The summed E-state index contributed by atoms with van der Waals surface area (Å²) in [5.41, 5.74) is 1.99. The molecule has 5 nitrogen and oxygen atoms in total. The Labute approximate surface area is 148 Å². The van der Waals surface area contributed by atoms with Crippen molar-refractivity contribution in [1.82, 2.24) is 0 Å². The van der Waals surface area contributed by atoms with Gasteiger partial charge in [-0.1, -0.05) is 24.3 Å². The SMILES string of the molecule is CC(=O)c1cccc(S(=O)(=O)N2CCN(C(C)C)c3ccccc32)c1. The highest BCUT2D eigenvalue weighted by Crippen LogP contribution is 2.37. The third-order valence-corrected chi connectivity index (χ3v) is 6.26. The Morgan fingerprint density at radius 3 is 2.32 bits per heavy atom. The first kappa shape index (κ1) is 17.5. The van der Waals surface area contributed by atoms with Gasteiger partial charge in [0.2, 0.25) is 0 Å². The first-order chi connectivity index (χ1) is 11.8. The number of carbonyl (C=O) groups excluding carboxylic acids is 1. The number of carbonyl (C=O) groups is 1. The molecule has 1 aliphatic rings. The molecule has 0 atom stereocenters. The maximum absolute atomic E-state index is 13.2. The molecule has 2 aromatic rings. The number of fused-ring (bicyclic) bond motifs is 1. The monoisotopic (exact) mass is 358 g/mol. The minimum absolute atomic E-state index is 0.146. The number of para-hydroxylation sites is 2. The number of hydrogen-bond donors (Lipinski definition) is 0. The lowest BCUT2D eigenvalue weighted by Gasteiger charge is -2.40. The molecule has 0 aliphatic carbocycles. The normalized spacial score (nSPS) is 14.6. The van der Waals surface area contributed by atoms with Crippen LogP contribution < -0.4 is 9.21 Å². The van der Waals surface area contributed by atoms with Gasteiger partial charge in [0.15, 0.2) is 5.78 Å². The minimum atomic E-state index is -3.73. The Morgan fingerprint density at radius 1 is 1.00 bits per heavy atom. The van der Waals surface area contributed by atoms with Crippen molar-refractivity contribution in [2.75, 3.05) is 22.3 Å². The topological polar surface area (TPSA) is 57.7 Å². The number of ketones is 1. The molecule has 25 heavy (non-hydrogen) atoms. The number of sulfonamides is 1. The molecule has 0 radical (unpaired) electrons.